The van der Waals surface area contributed by atoms with E-state index in [1.165, 1.54) is 25.4 Å². The zero-order valence-electron chi connectivity index (χ0n) is 25.0. The van der Waals surface area contributed by atoms with E-state index < -0.39 is 21.9 Å². The minimum Gasteiger partial charge on any atom is -0.457 e. The Morgan fingerprint density at radius 2 is 1.64 bits per heavy atom. The maximum absolute atomic E-state index is 13.3. The quantitative estimate of drug-likeness (QED) is 0.140. The van der Waals surface area contributed by atoms with Crippen LogP contribution in [0.25, 0.3) is 16.5 Å². The Balaban J connectivity index is 1.38. The smallest absolute Gasteiger partial charge is 0.324 e. The van der Waals surface area contributed by atoms with E-state index in [0.717, 1.165) is 42.0 Å². The Morgan fingerprint density at radius 1 is 0.889 bits per heavy atom. The van der Waals surface area contributed by atoms with Crippen LogP contribution >= 0.6 is 0 Å². The van der Waals surface area contributed by atoms with Crippen molar-refractivity contribution >= 4 is 50.0 Å². The van der Waals surface area contributed by atoms with Crippen molar-refractivity contribution in [2.75, 3.05) is 29.3 Å². The topological polar surface area (TPSA) is 156 Å². The first-order valence-electron chi connectivity index (χ1n) is 14.3. The zero-order chi connectivity index (χ0) is 32.0. The van der Waals surface area contributed by atoms with Crippen molar-refractivity contribution in [3.63, 3.8) is 0 Å². The summed E-state index contributed by atoms with van der Waals surface area (Å²) in [6.07, 6.45) is 5.33. The summed E-state index contributed by atoms with van der Waals surface area (Å²) in [5, 5.41) is 17.1. The summed E-state index contributed by atoms with van der Waals surface area (Å²) < 4.78 is 31.6. The second-order valence-corrected chi connectivity index (χ2v) is 12.2. The number of sulfone groups is 1. The largest absolute Gasteiger partial charge is 0.457 e. The Kier molecular flexibility index (Phi) is 9.28. The van der Waals surface area contributed by atoms with Gasteiger partial charge in [-0.1, -0.05) is 37.6 Å². The highest BCUT2D eigenvalue weighted by Crippen LogP contribution is 2.35. The molecule has 12 nitrogen and oxygen atoms in total. The number of anilines is 3. The number of aryl methyl sites for hydroxylation is 1. The molecular formula is C32H33N7O5S. The van der Waals surface area contributed by atoms with Crippen LogP contribution in [0.5, 0.6) is 11.5 Å². The lowest BCUT2D eigenvalue weighted by Crippen LogP contribution is -2.24. The molecule has 2 heterocycles. The van der Waals surface area contributed by atoms with Crippen LogP contribution in [0.2, 0.25) is 0 Å². The SMILES string of the molecule is CCCCc1cc(NC(=O)Nc2ccc(Oc3ccnc(NC(=O)NC)c3)c3ccccc23)n(-c2ccc(S(C)(=O)=O)cc2)n1. The molecular weight excluding hydrogens is 594 g/mol. The molecule has 0 aliphatic carbocycles. The molecule has 0 spiro atoms. The van der Waals surface area contributed by atoms with Crippen LogP contribution in [0, 0.1) is 0 Å². The number of benzene rings is 3. The van der Waals surface area contributed by atoms with E-state index in [1.54, 1.807) is 41.1 Å². The molecule has 45 heavy (non-hydrogen) atoms. The van der Waals surface area contributed by atoms with Gasteiger partial charge in [0.25, 0.3) is 0 Å². The van der Waals surface area contributed by atoms with E-state index in [1.807, 2.05) is 30.3 Å². The number of hydrogen-bond acceptors (Lipinski definition) is 7. The summed E-state index contributed by atoms with van der Waals surface area (Å²) in [5.74, 6) is 1.78. The number of nitrogens with one attached hydrogen (secondary N) is 4. The van der Waals surface area contributed by atoms with Crippen LogP contribution in [0.3, 0.4) is 0 Å². The van der Waals surface area contributed by atoms with E-state index >= 15 is 0 Å². The van der Waals surface area contributed by atoms with Gasteiger partial charge in [0.2, 0.25) is 0 Å². The number of nitrogens with zero attached hydrogens (tertiary/aromatic N) is 3. The number of hydrogen-bond donors (Lipinski definition) is 4. The normalized spacial score (nSPS) is 11.2. The minimum atomic E-state index is -3.36. The van der Waals surface area contributed by atoms with Crippen LogP contribution in [0.1, 0.15) is 25.5 Å². The average Bonchev–Trinajstić information content (AvgIpc) is 3.43. The van der Waals surface area contributed by atoms with E-state index in [2.05, 4.69) is 38.3 Å². The third-order valence-corrected chi connectivity index (χ3v) is 7.99. The molecule has 2 aromatic heterocycles. The molecule has 0 unspecified atom stereocenters. The fraction of sp³-hybridized carbons (Fsp3) is 0.188. The van der Waals surface area contributed by atoms with Gasteiger partial charge in [-0.05, 0) is 55.3 Å². The second-order valence-electron chi connectivity index (χ2n) is 10.2. The first-order valence-corrected chi connectivity index (χ1v) is 16.2. The summed E-state index contributed by atoms with van der Waals surface area (Å²) in [5.41, 5.74) is 1.97. The molecule has 0 fully saturated rings. The summed E-state index contributed by atoms with van der Waals surface area (Å²) in [6, 6.07) is 21.6. The van der Waals surface area contributed by atoms with Gasteiger partial charge in [0.1, 0.15) is 23.1 Å². The molecule has 13 heteroatoms. The molecule has 0 saturated heterocycles. The number of aromatic nitrogens is 3. The number of rotatable bonds is 10. The predicted molar refractivity (Wildman–Crippen MR) is 174 cm³/mol. The van der Waals surface area contributed by atoms with Crippen LogP contribution in [-0.2, 0) is 16.3 Å². The zero-order valence-corrected chi connectivity index (χ0v) is 25.8. The maximum Gasteiger partial charge on any atom is 0.324 e. The number of carbonyl (C=O) groups is 2. The molecule has 5 aromatic rings. The summed E-state index contributed by atoms with van der Waals surface area (Å²) in [6.45, 7) is 2.09. The fourth-order valence-electron chi connectivity index (χ4n) is 4.62. The van der Waals surface area contributed by atoms with Gasteiger partial charge in [0, 0.05) is 42.4 Å². The van der Waals surface area contributed by atoms with Gasteiger partial charge < -0.3 is 15.4 Å². The van der Waals surface area contributed by atoms with Gasteiger partial charge in [-0.3, -0.25) is 10.6 Å². The van der Waals surface area contributed by atoms with Crippen LogP contribution < -0.4 is 26.0 Å². The summed E-state index contributed by atoms with van der Waals surface area (Å²) in [4.78, 5) is 29.3. The van der Waals surface area contributed by atoms with Gasteiger partial charge in [-0.25, -0.2) is 27.7 Å². The van der Waals surface area contributed by atoms with Crippen LogP contribution in [0.15, 0.2) is 90.0 Å². The molecule has 4 amide bonds. The van der Waals surface area contributed by atoms with E-state index in [-0.39, 0.29) is 4.90 Å². The van der Waals surface area contributed by atoms with Gasteiger partial charge in [0.15, 0.2) is 9.84 Å². The van der Waals surface area contributed by atoms with Gasteiger partial charge in [-0.15, -0.1) is 0 Å². The lowest BCUT2D eigenvalue weighted by molar-refractivity contribution is 0.254. The Labute approximate surface area is 260 Å². The van der Waals surface area contributed by atoms with Crippen molar-refractivity contribution in [2.45, 2.75) is 31.1 Å². The van der Waals surface area contributed by atoms with Gasteiger partial charge >= 0.3 is 12.1 Å². The molecule has 0 saturated carbocycles. The molecule has 0 aliphatic heterocycles. The molecule has 4 N–H and O–H groups in total. The third-order valence-electron chi connectivity index (χ3n) is 6.86. The van der Waals surface area contributed by atoms with Crippen molar-refractivity contribution in [3.8, 4) is 17.2 Å². The van der Waals surface area contributed by atoms with Gasteiger partial charge in [-0.2, -0.15) is 5.10 Å². The molecule has 0 radical (unpaired) electrons. The van der Waals surface area contributed by atoms with Crippen molar-refractivity contribution < 1.29 is 22.7 Å². The summed E-state index contributed by atoms with van der Waals surface area (Å²) >= 11 is 0. The monoisotopic (exact) mass is 627 g/mol. The maximum atomic E-state index is 13.3. The fourth-order valence-corrected chi connectivity index (χ4v) is 5.25. The third kappa shape index (κ3) is 7.57. The minimum absolute atomic E-state index is 0.195. The van der Waals surface area contributed by atoms with E-state index in [0.29, 0.717) is 34.5 Å². The van der Waals surface area contributed by atoms with Gasteiger partial charge in [0.05, 0.1) is 22.0 Å². The summed E-state index contributed by atoms with van der Waals surface area (Å²) in [7, 11) is -1.85. The Bertz CT molecular complexity index is 1960. The highest BCUT2D eigenvalue weighted by Gasteiger charge is 2.16. The lowest BCUT2D eigenvalue weighted by atomic mass is 10.1. The number of carbonyl (C=O) groups excluding carboxylic acids is 2. The molecule has 3 aromatic carbocycles. The molecule has 232 valence electrons. The van der Waals surface area contributed by atoms with Crippen molar-refractivity contribution in [1.29, 1.82) is 0 Å². The van der Waals surface area contributed by atoms with Crippen molar-refractivity contribution in [3.05, 3.63) is 90.8 Å². The second kappa shape index (κ2) is 13.5. The highest BCUT2D eigenvalue weighted by molar-refractivity contribution is 7.90. The average molecular weight is 628 g/mol. The molecule has 5 rings (SSSR count). The van der Waals surface area contributed by atoms with Crippen molar-refractivity contribution in [1.82, 2.24) is 20.1 Å². The number of urea groups is 2. The standard InChI is InChI=1S/C32H33N7O5S/c1-4-5-8-21-19-30(39(38-21)22-11-13-24(14-12-22)45(3,42)43)37-32(41)35-27-15-16-28(26-10-7-6-9-25(26)27)44-23-17-18-34-29(20-23)36-31(40)33-2/h6-7,9-20H,4-5,8H2,1-3H3,(H2,35,37,41)(H2,33,34,36,40). The number of amides is 4. The number of fused-ring (bicyclic) bond motifs is 1. The lowest BCUT2D eigenvalue weighted by Gasteiger charge is -2.14. The van der Waals surface area contributed by atoms with E-state index in [9.17, 15) is 18.0 Å². The van der Waals surface area contributed by atoms with Crippen molar-refractivity contribution in [2.24, 2.45) is 0 Å². The Morgan fingerprint density at radius 3 is 2.36 bits per heavy atom. The van der Waals surface area contributed by atoms with E-state index in [4.69, 9.17) is 4.74 Å². The first kappa shape index (κ1) is 31.0. The molecule has 0 aliphatic rings. The highest BCUT2D eigenvalue weighted by atomic mass is 32.2. The predicted octanol–water partition coefficient (Wildman–Crippen LogP) is 6.35. The number of pyridine rings is 1. The first-order chi connectivity index (χ1) is 21.6. The van der Waals surface area contributed by atoms with Crippen LogP contribution in [0.4, 0.5) is 26.9 Å². The molecule has 0 bridgehead atoms. The number of unbranched alkanes of at least 4 members (excludes halogenated alkanes) is 1. The Hall–Kier alpha value is -5.43. The number of ether oxygens (including phenoxy) is 1. The molecule has 0 atom stereocenters. The van der Waals surface area contributed by atoms with Crippen LogP contribution in [-0.4, -0.2) is 48.5 Å².